The molecular formula is C31H32N2O4. The van der Waals surface area contributed by atoms with Crippen LogP contribution in [0.25, 0.3) is 11.1 Å². The smallest absolute Gasteiger partial charge is 0.150 e. The highest BCUT2D eigenvalue weighted by atomic mass is 16.5. The van der Waals surface area contributed by atoms with Gasteiger partial charge in [-0.1, -0.05) is 25.1 Å². The molecule has 3 aromatic carbocycles. The maximum Gasteiger partial charge on any atom is 0.150 e. The molecule has 3 atom stereocenters. The Bertz CT molecular complexity index is 1390. The number of aromatic hydroxyl groups is 2. The molecule has 6 heteroatoms. The second kappa shape index (κ2) is 10.2. The number of nitriles is 1. The highest BCUT2D eigenvalue weighted by molar-refractivity contribution is 5.96. The Labute approximate surface area is 218 Å². The van der Waals surface area contributed by atoms with Gasteiger partial charge in [0.2, 0.25) is 0 Å². The third-order valence-corrected chi connectivity index (χ3v) is 7.42. The van der Waals surface area contributed by atoms with E-state index in [1.807, 2.05) is 31.2 Å². The quantitative estimate of drug-likeness (QED) is 0.426. The maximum absolute atomic E-state index is 10.2. The molecule has 37 heavy (non-hydrogen) atoms. The lowest BCUT2D eigenvalue weighted by atomic mass is 9.85. The van der Waals surface area contributed by atoms with Crippen molar-refractivity contribution < 1.29 is 19.7 Å². The third-order valence-electron chi connectivity index (χ3n) is 7.42. The number of likely N-dealkylation sites (tertiary alicyclic amines) is 1. The topological polar surface area (TPSA) is 86.0 Å². The summed E-state index contributed by atoms with van der Waals surface area (Å²) in [4.78, 5) is 2.44. The van der Waals surface area contributed by atoms with Crippen LogP contribution in [-0.4, -0.2) is 40.9 Å². The Morgan fingerprint density at radius 1 is 1.11 bits per heavy atom. The summed E-state index contributed by atoms with van der Waals surface area (Å²) in [5, 5.41) is 30.2. The zero-order valence-corrected chi connectivity index (χ0v) is 21.4. The fraction of sp³-hybridized carbons (Fsp3) is 0.323. The average Bonchev–Trinajstić information content (AvgIpc) is 3.33. The van der Waals surface area contributed by atoms with Crippen molar-refractivity contribution in [3.63, 3.8) is 0 Å². The molecule has 0 bridgehead atoms. The SMILES string of the molecule is CC1=C(c2cccc(O)c2)C(c2ccc(OCC(C)N3CCC(C)C3)c(C#N)c2)Oc2ccc(O)cc21. The van der Waals surface area contributed by atoms with Crippen molar-refractivity contribution in [3.05, 3.63) is 82.9 Å². The minimum Gasteiger partial charge on any atom is -0.508 e. The largest absolute Gasteiger partial charge is 0.508 e. The fourth-order valence-electron chi connectivity index (χ4n) is 5.33. The molecule has 2 heterocycles. The first-order valence-corrected chi connectivity index (χ1v) is 12.7. The molecule has 6 nitrogen and oxygen atoms in total. The van der Waals surface area contributed by atoms with Gasteiger partial charge < -0.3 is 19.7 Å². The van der Waals surface area contributed by atoms with Gasteiger partial charge in [0.05, 0.1) is 5.56 Å². The van der Waals surface area contributed by atoms with Crippen molar-refractivity contribution in [2.24, 2.45) is 5.92 Å². The minimum atomic E-state index is -0.509. The van der Waals surface area contributed by atoms with E-state index in [1.54, 1.807) is 36.4 Å². The molecule has 1 saturated heterocycles. The predicted molar refractivity (Wildman–Crippen MR) is 144 cm³/mol. The van der Waals surface area contributed by atoms with Crippen LogP contribution in [0.1, 0.15) is 55.5 Å². The minimum absolute atomic E-state index is 0.154. The summed E-state index contributed by atoms with van der Waals surface area (Å²) in [6.07, 6.45) is 0.700. The number of ether oxygens (including phenoxy) is 2. The lowest BCUT2D eigenvalue weighted by Gasteiger charge is -2.31. The second-order valence-corrected chi connectivity index (χ2v) is 10.2. The summed E-state index contributed by atoms with van der Waals surface area (Å²) in [6.45, 7) is 9.10. The number of hydrogen-bond donors (Lipinski definition) is 2. The van der Waals surface area contributed by atoms with E-state index in [4.69, 9.17) is 9.47 Å². The first kappa shape index (κ1) is 24.7. The van der Waals surface area contributed by atoms with Crippen LogP contribution < -0.4 is 9.47 Å². The van der Waals surface area contributed by atoms with Crippen LogP contribution >= 0.6 is 0 Å². The van der Waals surface area contributed by atoms with E-state index >= 15 is 0 Å². The van der Waals surface area contributed by atoms with Crippen molar-refractivity contribution >= 4 is 11.1 Å². The van der Waals surface area contributed by atoms with Crippen molar-refractivity contribution in [3.8, 4) is 29.1 Å². The first-order chi connectivity index (χ1) is 17.8. The highest BCUT2D eigenvalue weighted by Crippen LogP contribution is 2.48. The predicted octanol–water partition coefficient (Wildman–Crippen LogP) is 6.14. The molecular weight excluding hydrogens is 464 g/mol. The molecule has 0 aliphatic carbocycles. The number of allylic oxidation sites excluding steroid dienone is 1. The van der Waals surface area contributed by atoms with Crippen molar-refractivity contribution in [2.45, 2.75) is 39.3 Å². The van der Waals surface area contributed by atoms with E-state index < -0.39 is 6.10 Å². The molecule has 5 rings (SSSR count). The number of hydrogen-bond acceptors (Lipinski definition) is 6. The molecule has 0 aromatic heterocycles. The molecule has 1 fully saturated rings. The standard InChI is InChI=1S/C31H32N2O4/c1-19-11-12-33(17-19)20(2)18-36-28-9-7-23(13-24(28)16-32)31-30(22-5-4-6-25(34)14-22)21(3)27-15-26(35)8-10-29(27)37-31/h4-10,13-15,19-20,31,34-35H,11-12,17-18H2,1-3H3. The van der Waals surface area contributed by atoms with Gasteiger partial charge in [-0.3, -0.25) is 4.90 Å². The van der Waals surface area contributed by atoms with E-state index in [2.05, 4.69) is 24.8 Å². The molecule has 190 valence electrons. The molecule has 3 unspecified atom stereocenters. The Kier molecular flexibility index (Phi) is 6.82. The number of benzene rings is 3. The van der Waals surface area contributed by atoms with E-state index in [0.29, 0.717) is 29.6 Å². The van der Waals surface area contributed by atoms with Crippen LogP contribution in [-0.2, 0) is 0 Å². The van der Waals surface area contributed by atoms with Gasteiger partial charge >= 0.3 is 0 Å². The Hall–Kier alpha value is -3.95. The average molecular weight is 497 g/mol. The first-order valence-electron chi connectivity index (χ1n) is 12.7. The normalized spacial score (nSPS) is 20.2. The van der Waals surface area contributed by atoms with E-state index in [-0.39, 0.29) is 17.5 Å². The molecule has 0 radical (unpaired) electrons. The summed E-state index contributed by atoms with van der Waals surface area (Å²) < 4.78 is 12.6. The third kappa shape index (κ3) is 5.00. The van der Waals surface area contributed by atoms with Gasteiger partial charge in [-0.15, -0.1) is 0 Å². The summed E-state index contributed by atoms with van der Waals surface area (Å²) in [6, 6.07) is 20.2. The summed E-state index contributed by atoms with van der Waals surface area (Å²) >= 11 is 0. The van der Waals surface area contributed by atoms with Gasteiger partial charge in [-0.2, -0.15) is 5.26 Å². The zero-order valence-electron chi connectivity index (χ0n) is 21.4. The van der Waals surface area contributed by atoms with Gasteiger partial charge in [-0.05, 0) is 91.9 Å². The molecule has 3 aromatic rings. The molecule has 2 aliphatic heterocycles. The maximum atomic E-state index is 10.2. The summed E-state index contributed by atoms with van der Waals surface area (Å²) in [5.41, 5.74) is 4.65. The van der Waals surface area contributed by atoms with Crippen LogP contribution in [0.5, 0.6) is 23.0 Å². The van der Waals surface area contributed by atoms with Gasteiger partial charge in [-0.25, -0.2) is 0 Å². The highest BCUT2D eigenvalue weighted by Gasteiger charge is 2.30. The van der Waals surface area contributed by atoms with Crippen molar-refractivity contribution in [2.75, 3.05) is 19.7 Å². The van der Waals surface area contributed by atoms with E-state index in [9.17, 15) is 15.5 Å². The summed E-state index contributed by atoms with van der Waals surface area (Å²) in [7, 11) is 0. The Balaban J connectivity index is 1.48. The van der Waals surface area contributed by atoms with Crippen LogP contribution in [0.4, 0.5) is 0 Å². The van der Waals surface area contributed by atoms with Gasteiger partial charge in [0.1, 0.15) is 41.8 Å². The number of fused-ring (bicyclic) bond motifs is 1. The second-order valence-electron chi connectivity index (χ2n) is 10.2. The van der Waals surface area contributed by atoms with Crippen LogP contribution in [0, 0.1) is 17.2 Å². The fourth-order valence-corrected chi connectivity index (χ4v) is 5.33. The molecule has 0 amide bonds. The van der Waals surface area contributed by atoms with Crippen LogP contribution in [0.2, 0.25) is 0 Å². The van der Waals surface area contributed by atoms with E-state index in [0.717, 1.165) is 40.9 Å². The monoisotopic (exact) mass is 496 g/mol. The van der Waals surface area contributed by atoms with Gasteiger partial charge in [0.15, 0.2) is 0 Å². The Morgan fingerprint density at radius 3 is 2.65 bits per heavy atom. The number of rotatable bonds is 6. The lowest BCUT2D eigenvalue weighted by molar-refractivity contribution is 0.168. The van der Waals surface area contributed by atoms with E-state index in [1.165, 1.54) is 6.42 Å². The molecule has 0 saturated carbocycles. The number of phenolic OH excluding ortho intramolecular Hbond substituents is 2. The van der Waals surface area contributed by atoms with Gasteiger partial charge in [0, 0.05) is 23.7 Å². The van der Waals surface area contributed by atoms with Gasteiger partial charge in [0.25, 0.3) is 0 Å². The van der Waals surface area contributed by atoms with Crippen molar-refractivity contribution in [1.29, 1.82) is 5.26 Å². The van der Waals surface area contributed by atoms with Crippen molar-refractivity contribution in [1.82, 2.24) is 4.90 Å². The number of phenols is 2. The lowest BCUT2D eigenvalue weighted by Crippen LogP contribution is -2.35. The number of nitrogens with zero attached hydrogens (tertiary/aromatic N) is 2. The molecule has 2 N–H and O–H groups in total. The van der Waals surface area contributed by atoms with Crippen LogP contribution in [0.3, 0.4) is 0 Å². The molecule has 0 spiro atoms. The molecule has 2 aliphatic rings. The Morgan fingerprint density at radius 2 is 1.92 bits per heavy atom. The van der Waals surface area contributed by atoms with Crippen LogP contribution in [0.15, 0.2) is 60.7 Å². The summed E-state index contributed by atoms with van der Waals surface area (Å²) in [5.74, 6) is 2.23. The zero-order chi connectivity index (χ0) is 26.1.